The quantitative estimate of drug-likeness (QED) is 0.532. The summed E-state index contributed by atoms with van der Waals surface area (Å²) >= 11 is 5.98. The zero-order valence-corrected chi connectivity index (χ0v) is 9.93. The van der Waals surface area contributed by atoms with Crippen molar-refractivity contribution >= 4 is 30.9 Å². The van der Waals surface area contributed by atoms with Gasteiger partial charge in [0.25, 0.3) is 0 Å². The number of alkyl halides is 1. The van der Waals surface area contributed by atoms with Crippen LogP contribution in [-0.2, 0) is 0 Å². The average Bonchev–Trinajstić information content (AvgIpc) is 2.18. The summed E-state index contributed by atoms with van der Waals surface area (Å²) < 4.78 is 0. The molecular formula is C11H15ClSi. The highest BCUT2D eigenvalue weighted by Crippen LogP contribution is 2.10. The first kappa shape index (κ1) is 10.5. The van der Waals surface area contributed by atoms with Gasteiger partial charge in [-0.25, -0.2) is 0 Å². The maximum atomic E-state index is 5.98. The van der Waals surface area contributed by atoms with E-state index in [1.54, 1.807) is 0 Å². The molecule has 0 aromatic heterocycles. The Bertz CT molecular complexity index is 305. The molecule has 2 heteroatoms. The van der Waals surface area contributed by atoms with Gasteiger partial charge in [-0.3, -0.25) is 0 Å². The van der Waals surface area contributed by atoms with E-state index in [1.165, 1.54) is 10.8 Å². The van der Waals surface area contributed by atoms with Crippen molar-refractivity contribution in [1.82, 2.24) is 0 Å². The molecule has 0 aliphatic heterocycles. The number of hydrogen-bond acceptors (Lipinski definition) is 0. The van der Waals surface area contributed by atoms with Crippen LogP contribution in [0.25, 0.3) is 6.08 Å². The predicted molar refractivity (Wildman–Crippen MR) is 64.4 cm³/mol. The van der Waals surface area contributed by atoms with Gasteiger partial charge in [-0.1, -0.05) is 55.2 Å². The van der Waals surface area contributed by atoms with Crippen LogP contribution >= 0.6 is 11.6 Å². The van der Waals surface area contributed by atoms with E-state index >= 15 is 0 Å². The summed E-state index contributed by atoms with van der Waals surface area (Å²) in [6.45, 7) is 8.38. The maximum absolute atomic E-state index is 5.98. The molecule has 70 valence electrons. The number of rotatable bonds is 3. The van der Waals surface area contributed by atoms with E-state index in [0.717, 1.165) is 5.50 Å². The van der Waals surface area contributed by atoms with Crippen molar-refractivity contribution in [2.24, 2.45) is 0 Å². The standard InChI is InChI=1S/C11H15ClSi/c1-4-10-7-5-6-8-11(10)13(2,3)9-12/h4-8H,1,9H2,2-3H3. The smallest absolute Gasteiger partial charge is 0.0966 e. The average molecular weight is 211 g/mol. The van der Waals surface area contributed by atoms with Crippen molar-refractivity contribution in [3.8, 4) is 0 Å². The van der Waals surface area contributed by atoms with Crippen LogP contribution in [0.5, 0.6) is 0 Å². The topological polar surface area (TPSA) is 0 Å². The minimum atomic E-state index is -1.42. The molecule has 0 amide bonds. The van der Waals surface area contributed by atoms with Gasteiger partial charge in [0.05, 0.1) is 8.07 Å². The normalized spacial score (nSPS) is 11.3. The van der Waals surface area contributed by atoms with Crippen LogP contribution in [0.1, 0.15) is 5.56 Å². The van der Waals surface area contributed by atoms with Crippen LogP contribution < -0.4 is 5.19 Å². The first-order chi connectivity index (χ1) is 6.11. The van der Waals surface area contributed by atoms with E-state index in [-0.39, 0.29) is 0 Å². The van der Waals surface area contributed by atoms with E-state index < -0.39 is 8.07 Å². The molecule has 13 heavy (non-hydrogen) atoms. The fraction of sp³-hybridized carbons (Fsp3) is 0.273. The molecule has 0 unspecified atom stereocenters. The van der Waals surface area contributed by atoms with Crippen LogP contribution in [-0.4, -0.2) is 13.6 Å². The molecule has 1 aromatic carbocycles. The van der Waals surface area contributed by atoms with Crippen molar-refractivity contribution in [2.45, 2.75) is 13.1 Å². The molecular weight excluding hydrogens is 196 g/mol. The summed E-state index contributed by atoms with van der Waals surface area (Å²) in [5.74, 6) is 0. The van der Waals surface area contributed by atoms with Crippen LogP contribution in [0.15, 0.2) is 30.8 Å². The molecule has 1 rings (SSSR count). The fourth-order valence-electron chi connectivity index (χ4n) is 1.36. The molecule has 0 heterocycles. The van der Waals surface area contributed by atoms with Gasteiger partial charge in [-0.2, -0.15) is 0 Å². The lowest BCUT2D eigenvalue weighted by Gasteiger charge is -2.21. The van der Waals surface area contributed by atoms with Gasteiger partial charge < -0.3 is 0 Å². The predicted octanol–water partition coefficient (Wildman–Crippen LogP) is 3.02. The Morgan fingerprint density at radius 2 is 2.00 bits per heavy atom. The molecule has 0 nitrogen and oxygen atoms in total. The summed E-state index contributed by atoms with van der Waals surface area (Å²) in [5.41, 5.74) is 2.00. The molecule has 0 atom stereocenters. The highest BCUT2D eigenvalue weighted by Gasteiger charge is 2.23. The monoisotopic (exact) mass is 210 g/mol. The second-order valence-corrected chi connectivity index (χ2v) is 9.18. The largest absolute Gasteiger partial charge is 0.130 e. The van der Waals surface area contributed by atoms with Crippen LogP contribution in [0.4, 0.5) is 0 Å². The zero-order chi connectivity index (χ0) is 9.90. The maximum Gasteiger partial charge on any atom is 0.0966 e. The van der Waals surface area contributed by atoms with E-state index in [9.17, 15) is 0 Å². The van der Waals surface area contributed by atoms with Gasteiger partial charge in [0.15, 0.2) is 0 Å². The first-order valence-electron chi connectivity index (χ1n) is 4.40. The Morgan fingerprint density at radius 1 is 1.38 bits per heavy atom. The second-order valence-electron chi connectivity index (χ2n) is 3.81. The lowest BCUT2D eigenvalue weighted by atomic mass is 10.2. The van der Waals surface area contributed by atoms with Gasteiger partial charge in [0.2, 0.25) is 0 Å². The third kappa shape index (κ3) is 2.23. The van der Waals surface area contributed by atoms with Gasteiger partial charge in [0, 0.05) is 5.50 Å². The van der Waals surface area contributed by atoms with Crippen molar-refractivity contribution in [3.63, 3.8) is 0 Å². The molecule has 0 saturated carbocycles. The molecule has 1 aromatic rings. The summed E-state index contributed by atoms with van der Waals surface area (Å²) in [7, 11) is -1.42. The minimum Gasteiger partial charge on any atom is -0.130 e. The summed E-state index contributed by atoms with van der Waals surface area (Å²) in [4.78, 5) is 0. The number of halogens is 1. The minimum absolute atomic E-state index is 0.762. The zero-order valence-electron chi connectivity index (χ0n) is 8.18. The third-order valence-corrected chi connectivity index (χ3v) is 6.83. The SMILES string of the molecule is C=Cc1ccccc1[Si](C)(C)CCl. The Labute approximate surface area is 86.3 Å². The molecule has 0 saturated heterocycles. The van der Waals surface area contributed by atoms with Crippen molar-refractivity contribution in [3.05, 3.63) is 36.4 Å². The highest BCUT2D eigenvalue weighted by atomic mass is 35.5. The molecule has 0 radical (unpaired) electrons. The molecule has 0 N–H and O–H groups in total. The molecule has 0 spiro atoms. The van der Waals surface area contributed by atoms with Gasteiger partial charge in [-0.05, 0) is 5.56 Å². The molecule has 0 aliphatic rings. The van der Waals surface area contributed by atoms with E-state index in [1.807, 2.05) is 12.1 Å². The van der Waals surface area contributed by atoms with E-state index in [4.69, 9.17) is 11.6 Å². The molecule has 0 fully saturated rings. The highest BCUT2D eigenvalue weighted by molar-refractivity contribution is 6.94. The number of hydrogen-bond donors (Lipinski definition) is 0. The first-order valence-corrected chi connectivity index (χ1v) is 8.14. The second kappa shape index (κ2) is 4.12. The summed E-state index contributed by atoms with van der Waals surface area (Å²) in [5, 5.41) is 1.40. The van der Waals surface area contributed by atoms with Crippen molar-refractivity contribution in [1.29, 1.82) is 0 Å². The summed E-state index contributed by atoms with van der Waals surface area (Å²) in [6.07, 6.45) is 1.91. The van der Waals surface area contributed by atoms with Gasteiger partial charge >= 0.3 is 0 Å². The summed E-state index contributed by atoms with van der Waals surface area (Å²) in [6, 6.07) is 8.39. The Hall–Kier alpha value is -0.533. The Balaban J connectivity index is 3.20. The van der Waals surface area contributed by atoms with Gasteiger partial charge in [0.1, 0.15) is 0 Å². The Morgan fingerprint density at radius 3 is 2.54 bits per heavy atom. The lowest BCUT2D eigenvalue weighted by molar-refractivity contribution is 1.63. The molecule has 0 aliphatic carbocycles. The van der Waals surface area contributed by atoms with Crippen molar-refractivity contribution < 1.29 is 0 Å². The van der Waals surface area contributed by atoms with E-state index in [2.05, 4.69) is 37.9 Å². The Kier molecular flexibility index (Phi) is 3.34. The fourth-order valence-corrected chi connectivity index (χ4v) is 3.45. The molecule has 0 bridgehead atoms. The van der Waals surface area contributed by atoms with E-state index in [0.29, 0.717) is 0 Å². The van der Waals surface area contributed by atoms with Crippen LogP contribution in [0, 0.1) is 0 Å². The number of benzene rings is 1. The lowest BCUT2D eigenvalue weighted by Crippen LogP contribution is -2.45. The van der Waals surface area contributed by atoms with Crippen molar-refractivity contribution in [2.75, 3.05) is 5.50 Å². The van der Waals surface area contributed by atoms with Crippen LogP contribution in [0.3, 0.4) is 0 Å². The van der Waals surface area contributed by atoms with Gasteiger partial charge in [-0.15, -0.1) is 11.6 Å². The third-order valence-electron chi connectivity index (χ3n) is 2.24. The van der Waals surface area contributed by atoms with Crippen LogP contribution in [0.2, 0.25) is 13.1 Å².